The Labute approximate surface area is 142 Å². The Morgan fingerprint density at radius 2 is 1.76 bits per heavy atom. The van der Waals surface area contributed by atoms with E-state index in [0.29, 0.717) is 5.69 Å². The van der Waals surface area contributed by atoms with Crippen molar-refractivity contribution in [3.8, 4) is 0 Å². The summed E-state index contributed by atoms with van der Waals surface area (Å²) in [5, 5.41) is 8.60. The molecule has 2 aromatic rings. The van der Waals surface area contributed by atoms with Crippen LogP contribution in [0.15, 0.2) is 30.5 Å². The van der Waals surface area contributed by atoms with Crippen LogP contribution < -0.4 is 10.6 Å². The second kappa shape index (κ2) is 6.96. The number of nitrogens with one attached hydrogen (secondary N) is 2. The number of carbonyl (C=O) groups is 2. The van der Waals surface area contributed by atoms with Gasteiger partial charge in [0.25, 0.3) is 5.91 Å². The summed E-state index contributed by atoms with van der Waals surface area (Å²) in [6, 6.07) is 5.54. The molecular formula is C16H17F3N4O2. The minimum Gasteiger partial charge on any atom is -0.326 e. The van der Waals surface area contributed by atoms with Crippen LogP contribution in [-0.4, -0.2) is 21.6 Å². The van der Waals surface area contributed by atoms with Crippen LogP contribution in [-0.2, 0) is 11.0 Å². The highest BCUT2D eigenvalue weighted by Crippen LogP contribution is 2.34. The van der Waals surface area contributed by atoms with Gasteiger partial charge in [0, 0.05) is 24.3 Å². The molecule has 2 N–H and O–H groups in total. The molecule has 0 aliphatic heterocycles. The molecule has 0 atom stereocenters. The Kier molecular flexibility index (Phi) is 5.15. The highest BCUT2D eigenvalue weighted by Gasteiger charge is 2.40. The lowest BCUT2D eigenvalue weighted by atomic mass is 10.2. The number of carbonyl (C=O) groups excluding carboxylic acids is 2. The van der Waals surface area contributed by atoms with E-state index in [1.807, 2.05) is 0 Å². The number of anilines is 2. The van der Waals surface area contributed by atoms with Gasteiger partial charge in [-0.15, -0.1) is 0 Å². The third-order valence-corrected chi connectivity index (χ3v) is 3.24. The Bertz CT molecular complexity index is 797. The Balaban J connectivity index is 2.32. The zero-order valence-electron chi connectivity index (χ0n) is 13.8. The number of hydrogen-bond donors (Lipinski definition) is 2. The van der Waals surface area contributed by atoms with Crippen LogP contribution >= 0.6 is 0 Å². The van der Waals surface area contributed by atoms with Crippen LogP contribution in [0, 0.1) is 0 Å². The van der Waals surface area contributed by atoms with Gasteiger partial charge >= 0.3 is 6.18 Å². The normalized spacial score (nSPS) is 11.5. The molecule has 1 aromatic heterocycles. The van der Waals surface area contributed by atoms with Crippen LogP contribution in [0.3, 0.4) is 0 Å². The summed E-state index contributed by atoms with van der Waals surface area (Å²) in [6.07, 6.45) is -3.82. The van der Waals surface area contributed by atoms with E-state index in [1.54, 1.807) is 26.0 Å². The first-order valence-electron chi connectivity index (χ1n) is 7.43. The maximum Gasteiger partial charge on any atom is 0.433 e. The van der Waals surface area contributed by atoms with Crippen molar-refractivity contribution in [3.05, 3.63) is 41.7 Å². The third-order valence-electron chi connectivity index (χ3n) is 3.24. The van der Waals surface area contributed by atoms with Gasteiger partial charge in [0.05, 0.1) is 11.8 Å². The fourth-order valence-electron chi connectivity index (χ4n) is 2.28. The van der Waals surface area contributed by atoms with Crippen LogP contribution in [0.2, 0.25) is 0 Å². The summed E-state index contributed by atoms with van der Waals surface area (Å²) in [5.74, 6) is -1.24. The molecule has 9 heteroatoms. The lowest BCUT2D eigenvalue weighted by Gasteiger charge is -2.15. The van der Waals surface area contributed by atoms with Gasteiger partial charge in [-0.25, -0.2) is 0 Å². The average Bonchev–Trinajstić information content (AvgIpc) is 2.92. The van der Waals surface area contributed by atoms with Gasteiger partial charge in [-0.2, -0.15) is 18.3 Å². The molecule has 2 amide bonds. The van der Waals surface area contributed by atoms with E-state index in [1.165, 1.54) is 19.1 Å². The summed E-state index contributed by atoms with van der Waals surface area (Å²) in [4.78, 5) is 23.4. The number of alkyl halides is 3. The van der Waals surface area contributed by atoms with E-state index in [2.05, 4.69) is 15.7 Å². The standard InChI is InChI=1S/C16H17F3N4O2/c1-9(2)23-14(16(17,18)19)13(8-20-23)15(25)22-12-6-4-5-11(7-12)21-10(3)24/h4-9H,1-3H3,(H,21,24)(H,22,25). The summed E-state index contributed by atoms with van der Waals surface area (Å²) in [6.45, 7) is 4.41. The molecule has 0 radical (unpaired) electrons. The Morgan fingerprint density at radius 1 is 1.16 bits per heavy atom. The molecule has 25 heavy (non-hydrogen) atoms. The largest absolute Gasteiger partial charge is 0.433 e. The zero-order chi connectivity index (χ0) is 18.8. The van der Waals surface area contributed by atoms with Gasteiger partial charge in [0.15, 0.2) is 5.69 Å². The lowest BCUT2D eigenvalue weighted by molar-refractivity contribution is -0.145. The minimum atomic E-state index is -4.72. The predicted octanol–water partition coefficient (Wildman–Crippen LogP) is 3.69. The fraction of sp³-hybridized carbons (Fsp3) is 0.312. The number of hydrogen-bond acceptors (Lipinski definition) is 3. The smallest absolute Gasteiger partial charge is 0.326 e. The SMILES string of the molecule is CC(=O)Nc1cccc(NC(=O)c2cnn(C(C)C)c2C(F)(F)F)c1. The first-order chi connectivity index (χ1) is 11.6. The highest BCUT2D eigenvalue weighted by atomic mass is 19.4. The molecule has 0 spiro atoms. The maximum atomic E-state index is 13.3. The van der Waals surface area contributed by atoms with Gasteiger partial charge in [0.2, 0.25) is 5.91 Å². The second-order valence-electron chi connectivity index (χ2n) is 5.66. The van der Waals surface area contributed by atoms with E-state index in [-0.39, 0.29) is 11.6 Å². The monoisotopic (exact) mass is 354 g/mol. The molecule has 1 aromatic carbocycles. The zero-order valence-corrected chi connectivity index (χ0v) is 13.8. The predicted molar refractivity (Wildman–Crippen MR) is 86.3 cm³/mol. The van der Waals surface area contributed by atoms with Gasteiger partial charge in [0.1, 0.15) is 0 Å². The van der Waals surface area contributed by atoms with E-state index < -0.39 is 29.4 Å². The van der Waals surface area contributed by atoms with Crippen LogP contribution in [0.25, 0.3) is 0 Å². The first kappa shape index (κ1) is 18.5. The summed E-state index contributed by atoms with van der Waals surface area (Å²) in [7, 11) is 0. The van der Waals surface area contributed by atoms with Crippen LogP contribution in [0.1, 0.15) is 42.9 Å². The number of aromatic nitrogens is 2. The molecule has 1 heterocycles. The number of halogens is 3. The van der Waals surface area contributed by atoms with Crippen molar-refractivity contribution in [3.63, 3.8) is 0 Å². The third kappa shape index (κ3) is 4.37. The first-order valence-corrected chi connectivity index (χ1v) is 7.43. The van der Waals surface area contributed by atoms with Crippen molar-refractivity contribution in [1.29, 1.82) is 0 Å². The molecular weight excluding hydrogens is 337 g/mol. The van der Waals surface area contributed by atoms with Gasteiger partial charge in [-0.1, -0.05) is 6.07 Å². The van der Waals surface area contributed by atoms with Gasteiger partial charge in [-0.05, 0) is 32.0 Å². The molecule has 0 saturated carbocycles. The number of nitrogens with zero attached hydrogens (tertiary/aromatic N) is 2. The summed E-state index contributed by atoms with van der Waals surface area (Å²) < 4.78 is 40.7. The number of amides is 2. The Hall–Kier alpha value is -2.84. The van der Waals surface area contributed by atoms with E-state index in [4.69, 9.17) is 0 Å². The molecule has 2 rings (SSSR count). The van der Waals surface area contributed by atoms with Crippen molar-refractivity contribution in [1.82, 2.24) is 9.78 Å². The maximum absolute atomic E-state index is 13.3. The van der Waals surface area contributed by atoms with Gasteiger partial charge in [-0.3, -0.25) is 14.3 Å². The van der Waals surface area contributed by atoms with Crippen molar-refractivity contribution in [2.24, 2.45) is 0 Å². The molecule has 0 unspecified atom stereocenters. The van der Waals surface area contributed by atoms with E-state index in [9.17, 15) is 22.8 Å². The van der Waals surface area contributed by atoms with Gasteiger partial charge < -0.3 is 10.6 Å². The van der Waals surface area contributed by atoms with E-state index >= 15 is 0 Å². The quantitative estimate of drug-likeness (QED) is 0.879. The molecule has 6 nitrogen and oxygen atoms in total. The molecule has 0 bridgehead atoms. The lowest BCUT2D eigenvalue weighted by Crippen LogP contribution is -2.22. The number of rotatable bonds is 4. The molecule has 0 fully saturated rings. The summed E-state index contributed by atoms with van der Waals surface area (Å²) in [5.41, 5.74) is -0.995. The Morgan fingerprint density at radius 3 is 2.28 bits per heavy atom. The second-order valence-corrected chi connectivity index (χ2v) is 5.66. The minimum absolute atomic E-state index is 0.252. The van der Waals surface area contributed by atoms with Crippen LogP contribution in [0.5, 0.6) is 0 Å². The average molecular weight is 354 g/mol. The van der Waals surface area contributed by atoms with Crippen molar-refractivity contribution in [2.45, 2.75) is 33.0 Å². The van der Waals surface area contributed by atoms with Crippen molar-refractivity contribution < 1.29 is 22.8 Å². The molecule has 134 valence electrons. The van der Waals surface area contributed by atoms with Crippen LogP contribution in [0.4, 0.5) is 24.5 Å². The topological polar surface area (TPSA) is 76.0 Å². The molecule has 0 aliphatic rings. The summed E-state index contributed by atoms with van der Waals surface area (Å²) >= 11 is 0. The molecule has 0 aliphatic carbocycles. The number of benzene rings is 1. The molecule has 0 saturated heterocycles. The van der Waals surface area contributed by atoms with Crippen molar-refractivity contribution >= 4 is 23.2 Å². The fourth-order valence-corrected chi connectivity index (χ4v) is 2.28. The van der Waals surface area contributed by atoms with Crippen molar-refractivity contribution in [2.75, 3.05) is 10.6 Å². The highest BCUT2D eigenvalue weighted by molar-refractivity contribution is 6.05. The van der Waals surface area contributed by atoms with E-state index in [0.717, 1.165) is 10.9 Å².